The number of nitrogens with zero attached hydrogens (tertiary/aromatic N) is 2. The molecule has 2 aromatic rings. The zero-order valence-corrected chi connectivity index (χ0v) is 10.9. The lowest BCUT2D eigenvalue weighted by Crippen LogP contribution is -2.10. The number of benzene rings is 1. The second-order valence-electron chi connectivity index (χ2n) is 4.23. The first kappa shape index (κ1) is 11.6. The summed E-state index contributed by atoms with van der Waals surface area (Å²) in [6.45, 7) is 0. The third-order valence-electron chi connectivity index (χ3n) is 3.08. The summed E-state index contributed by atoms with van der Waals surface area (Å²) >= 11 is 12.2. The minimum atomic E-state index is 0.198. The molecule has 92 valence electrons. The SMILES string of the molecule is Nc1nc(Cl)c2c(n1)CCc1cc(Cl)c(N)cc1-2. The van der Waals surface area contributed by atoms with Gasteiger partial charge in [-0.1, -0.05) is 23.2 Å². The highest BCUT2D eigenvalue weighted by Gasteiger charge is 2.22. The van der Waals surface area contributed by atoms with Gasteiger partial charge in [0.15, 0.2) is 0 Å². The van der Waals surface area contributed by atoms with Gasteiger partial charge in [-0.3, -0.25) is 0 Å². The molecular weight excluding hydrogens is 271 g/mol. The molecule has 3 rings (SSSR count). The van der Waals surface area contributed by atoms with Crippen LogP contribution in [0.2, 0.25) is 10.2 Å². The molecule has 0 bridgehead atoms. The molecule has 0 spiro atoms. The maximum Gasteiger partial charge on any atom is 0.221 e. The zero-order valence-electron chi connectivity index (χ0n) is 9.37. The largest absolute Gasteiger partial charge is 0.398 e. The smallest absolute Gasteiger partial charge is 0.221 e. The average Bonchev–Trinajstić information content (AvgIpc) is 2.30. The van der Waals surface area contributed by atoms with Gasteiger partial charge in [-0.25, -0.2) is 9.97 Å². The minimum Gasteiger partial charge on any atom is -0.398 e. The number of rotatable bonds is 0. The molecule has 4 N–H and O–H groups in total. The molecule has 1 aromatic carbocycles. The van der Waals surface area contributed by atoms with Crippen molar-refractivity contribution in [2.45, 2.75) is 12.8 Å². The molecular formula is C12H10Cl2N4. The number of nitrogen functional groups attached to an aromatic ring is 2. The van der Waals surface area contributed by atoms with Gasteiger partial charge in [0.2, 0.25) is 5.95 Å². The summed E-state index contributed by atoms with van der Waals surface area (Å²) in [5.41, 5.74) is 15.7. The predicted octanol–water partition coefficient (Wildman–Crippen LogP) is 2.71. The van der Waals surface area contributed by atoms with Crippen molar-refractivity contribution >= 4 is 34.8 Å². The fourth-order valence-electron chi connectivity index (χ4n) is 2.27. The first-order valence-electron chi connectivity index (χ1n) is 5.46. The van der Waals surface area contributed by atoms with E-state index in [1.807, 2.05) is 12.1 Å². The van der Waals surface area contributed by atoms with Crippen LogP contribution in [-0.4, -0.2) is 9.97 Å². The van der Waals surface area contributed by atoms with Crippen LogP contribution in [0.3, 0.4) is 0 Å². The highest BCUT2D eigenvalue weighted by atomic mass is 35.5. The van der Waals surface area contributed by atoms with Crippen LogP contribution < -0.4 is 11.5 Å². The third-order valence-corrected chi connectivity index (χ3v) is 3.68. The van der Waals surface area contributed by atoms with Gasteiger partial charge in [-0.05, 0) is 36.1 Å². The first-order valence-corrected chi connectivity index (χ1v) is 6.22. The van der Waals surface area contributed by atoms with Crippen LogP contribution in [-0.2, 0) is 12.8 Å². The van der Waals surface area contributed by atoms with E-state index in [0.29, 0.717) is 15.9 Å². The third kappa shape index (κ3) is 1.69. The molecule has 0 saturated heterocycles. The van der Waals surface area contributed by atoms with Gasteiger partial charge in [0.25, 0.3) is 0 Å². The number of hydrogen-bond acceptors (Lipinski definition) is 4. The molecule has 0 radical (unpaired) electrons. The highest BCUT2D eigenvalue weighted by Crippen LogP contribution is 2.40. The van der Waals surface area contributed by atoms with Gasteiger partial charge in [0, 0.05) is 5.56 Å². The van der Waals surface area contributed by atoms with Gasteiger partial charge in [-0.2, -0.15) is 0 Å². The van der Waals surface area contributed by atoms with E-state index in [0.717, 1.165) is 35.2 Å². The molecule has 0 aliphatic heterocycles. The first-order chi connectivity index (χ1) is 8.56. The lowest BCUT2D eigenvalue weighted by molar-refractivity contribution is 0.888. The van der Waals surface area contributed by atoms with Crippen molar-refractivity contribution in [2.75, 3.05) is 11.5 Å². The topological polar surface area (TPSA) is 77.8 Å². The van der Waals surface area contributed by atoms with Gasteiger partial charge in [0.1, 0.15) is 5.15 Å². The van der Waals surface area contributed by atoms with E-state index < -0.39 is 0 Å². The van der Waals surface area contributed by atoms with Crippen molar-refractivity contribution < 1.29 is 0 Å². The molecule has 1 aromatic heterocycles. The summed E-state index contributed by atoms with van der Waals surface area (Å²) in [4.78, 5) is 8.23. The quantitative estimate of drug-likeness (QED) is 0.575. The van der Waals surface area contributed by atoms with E-state index in [1.165, 1.54) is 0 Å². The lowest BCUT2D eigenvalue weighted by Gasteiger charge is -2.20. The fourth-order valence-corrected chi connectivity index (χ4v) is 2.75. The van der Waals surface area contributed by atoms with Crippen molar-refractivity contribution in [3.8, 4) is 11.1 Å². The molecule has 0 saturated carbocycles. The minimum absolute atomic E-state index is 0.198. The molecule has 6 heteroatoms. The molecule has 4 nitrogen and oxygen atoms in total. The molecule has 0 amide bonds. The molecule has 1 heterocycles. The van der Waals surface area contributed by atoms with Crippen LogP contribution >= 0.6 is 23.2 Å². The average molecular weight is 281 g/mol. The summed E-state index contributed by atoms with van der Waals surface area (Å²) in [5, 5.41) is 0.921. The van der Waals surface area contributed by atoms with E-state index in [-0.39, 0.29) is 5.95 Å². The van der Waals surface area contributed by atoms with E-state index >= 15 is 0 Å². The lowest BCUT2D eigenvalue weighted by atomic mass is 9.89. The Morgan fingerprint density at radius 2 is 1.83 bits per heavy atom. The Hall–Kier alpha value is -1.52. The Morgan fingerprint density at radius 3 is 2.61 bits per heavy atom. The Bertz CT molecular complexity index is 655. The van der Waals surface area contributed by atoms with E-state index in [4.69, 9.17) is 34.7 Å². The number of aromatic nitrogens is 2. The van der Waals surface area contributed by atoms with Crippen LogP contribution in [0.4, 0.5) is 11.6 Å². The fraction of sp³-hybridized carbons (Fsp3) is 0.167. The standard InChI is InChI=1S/C12H10Cl2N4/c13-7-3-5-1-2-9-10(6(5)4-8(7)15)11(14)18-12(16)17-9/h3-4H,1-2,15H2,(H2,16,17,18). The van der Waals surface area contributed by atoms with Crippen LogP contribution in [0.1, 0.15) is 11.3 Å². The van der Waals surface area contributed by atoms with Crippen molar-refractivity contribution in [1.82, 2.24) is 9.97 Å². The Morgan fingerprint density at radius 1 is 1.06 bits per heavy atom. The molecule has 18 heavy (non-hydrogen) atoms. The molecule has 1 aliphatic carbocycles. The van der Waals surface area contributed by atoms with Crippen molar-refractivity contribution in [3.63, 3.8) is 0 Å². The van der Waals surface area contributed by atoms with Crippen LogP contribution in [0.15, 0.2) is 12.1 Å². The van der Waals surface area contributed by atoms with E-state index in [9.17, 15) is 0 Å². The molecule has 0 unspecified atom stereocenters. The summed E-state index contributed by atoms with van der Waals surface area (Å²) in [6, 6.07) is 3.70. The zero-order chi connectivity index (χ0) is 12.9. The number of nitrogens with two attached hydrogens (primary N) is 2. The van der Waals surface area contributed by atoms with Crippen molar-refractivity contribution in [1.29, 1.82) is 0 Å². The number of fused-ring (bicyclic) bond motifs is 3. The number of aryl methyl sites for hydroxylation is 2. The van der Waals surface area contributed by atoms with Crippen LogP contribution in [0, 0.1) is 0 Å². The summed E-state index contributed by atoms with van der Waals surface area (Å²) in [6.07, 6.45) is 1.62. The van der Waals surface area contributed by atoms with Gasteiger partial charge in [-0.15, -0.1) is 0 Å². The summed E-state index contributed by atoms with van der Waals surface area (Å²) in [7, 11) is 0. The molecule has 0 atom stereocenters. The monoisotopic (exact) mass is 280 g/mol. The maximum absolute atomic E-state index is 6.16. The Kier molecular flexibility index (Phi) is 2.57. The molecule has 0 fully saturated rings. The normalized spacial score (nSPS) is 13.0. The van der Waals surface area contributed by atoms with Crippen LogP contribution in [0.25, 0.3) is 11.1 Å². The Balaban J connectivity index is 2.31. The van der Waals surface area contributed by atoms with Crippen molar-refractivity contribution in [3.05, 3.63) is 33.6 Å². The maximum atomic E-state index is 6.16. The number of halogens is 2. The number of hydrogen-bond donors (Lipinski definition) is 2. The van der Waals surface area contributed by atoms with Gasteiger partial charge < -0.3 is 11.5 Å². The summed E-state index contributed by atoms with van der Waals surface area (Å²) in [5.74, 6) is 0.198. The van der Waals surface area contributed by atoms with Gasteiger partial charge >= 0.3 is 0 Å². The second-order valence-corrected chi connectivity index (χ2v) is 4.99. The second kappa shape index (κ2) is 4.00. The van der Waals surface area contributed by atoms with Crippen molar-refractivity contribution in [2.24, 2.45) is 0 Å². The Labute approximate surface area is 114 Å². The summed E-state index contributed by atoms with van der Waals surface area (Å²) < 4.78 is 0. The number of anilines is 2. The highest BCUT2D eigenvalue weighted by molar-refractivity contribution is 6.34. The molecule has 1 aliphatic rings. The van der Waals surface area contributed by atoms with E-state index in [2.05, 4.69) is 9.97 Å². The van der Waals surface area contributed by atoms with Gasteiger partial charge in [0.05, 0.1) is 16.4 Å². The predicted molar refractivity (Wildman–Crippen MR) is 73.7 cm³/mol. The van der Waals surface area contributed by atoms with E-state index in [1.54, 1.807) is 0 Å². The van der Waals surface area contributed by atoms with Crippen LogP contribution in [0.5, 0.6) is 0 Å².